The molecule has 0 aromatic carbocycles. The second-order valence-electron chi connectivity index (χ2n) is 4.62. The lowest BCUT2D eigenvalue weighted by molar-refractivity contribution is -0.157. The molecule has 0 saturated carbocycles. The van der Waals surface area contributed by atoms with Crippen molar-refractivity contribution in [2.24, 2.45) is 5.92 Å². The van der Waals surface area contributed by atoms with Gasteiger partial charge in [0.25, 0.3) is 0 Å². The number of nitrogens with one attached hydrogen (secondary N) is 1. The average Bonchev–Trinajstić information content (AvgIpc) is 2.38. The minimum absolute atomic E-state index is 0.0345. The Labute approximate surface area is 110 Å². The Morgan fingerprint density at radius 1 is 1.32 bits per heavy atom. The van der Waals surface area contributed by atoms with Crippen LogP contribution in [0, 0.1) is 17.2 Å². The van der Waals surface area contributed by atoms with E-state index in [-0.39, 0.29) is 18.9 Å². The maximum atomic E-state index is 12.3. The Balaban J connectivity index is 2.19. The van der Waals surface area contributed by atoms with Crippen LogP contribution in [0.5, 0.6) is 0 Å². The lowest BCUT2D eigenvalue weighted by Gasteiger charge is -2.26. The van der Waals surface area contributed by atoms with Crippen LogP contribution in [0.25, 0.3) is 0 Å². The second kappa shape index (κ2) is 7.34. The van der Waals surface area contributed by atoms with Gasteiger partial charge in [-0.25, -0.2) is 0 Å². The van der Waals surface area contributed by atoms with E-state index in [0.717, 1.165) is 32.4 Å². The number of rotatable bonds is 5. The summed E-state index contributed by atoms with van der Waals surface area (Å²) in [6.45, 7) is 1.18. The SMILES string of the molecule is N#CC(CNCCC(=O)N1CCCCC1)C(F)(F)F. The summed E-state index contributed by atoms with van der Waals surface area (Å²) in [5.41, 5.74) is 0. The lowest BCUT2D eigenvalue weighted by atomic mass is 10.1. The summed E-state index contributed by atoms with van der Waals surface area (Å²) in [6, 6.07) is 1.21. The molecule has 4 nitrogen and oxygen atoms in total. The Morgan fingerprint density at radius 2 is 1.95 bits per heavy atom. The van der Waals surface area contributed by atoms with Crippen LogP contribution in [-0.4, -0.2) is 43.2 Å². The third-order valence-electron chi connectivity index (χ3n) is 3.12. The first kappa shape index (κ1) is 15.8. The third-order valence-corrected chi connectivity index (χ3v) is 3.12. The van der Waals surface area contributed by atoms with Crippen LogP contribution in [0.3, 0.4) is 0 Å². The molecule has 108 valence electrons. The zero-order chi connectivity index (χ0) is 14.3. The van der Waals surface area contributed by atoms with Gasteiger partial charge in [0.2, 0.25) is 5.91 Å². The summed E-state index contributed by atoms with van der Waals surface area (Å²) in [6.07, 6.45) is -1.24. The van der Waals surface area contributed by atoms with E-state index in [0.29, 0.717) is 0 Å². The molecule has 0 aliphatic carbocycles. The van der Waals surface area contributed by atoms with Crippen molar-refractivity contribution in [1.29, 1.82) is 5.26 Å². The molecule has 1 N–H and O–H groups in total. The van der Waals surface area contributed by atoms with Crippen molar-refractivity contribution in [2.45, 2.75) is 31.9 Å². The maximum absolute atomic E-state index is 12.3. The number of nitriles is 1. The molecule has 0 bridgehead atoms. The standard InChI is InChI=1S/C12H18F3N3O/c13-12(14,15)10(8-16)9-17-5-4-11(19)18-6-2-1-3-7-18/h10,17H,1-7,9H2. The highest BCUT2D eigenvalue weighted by atomic mass is 19.4. The molecular weight excluding hydrogens is 259 g/mol. The fraction of sp³-hybridized carbons (Fsp3) is 0.833. The van der Waals surface area contributed by atoms with Crippen LogP contribution < -0.4 is 5.32 Å². The molecule has 19 heavy (non-hydrogen) atoms. The van der Waals surface area contributed by atoms with E-state index in [1.54, 1.807) is 4.90 Å². The average molecular weight is 277 g/mol. The largest absolute Gasteiger partial charge is 0.405 e. The quantitative estimate of drug-likeness (QED) is 0.778. The van der Waals surface area contributed by atoms with Crippen molar-refractivity contribution in [2.75, 3.05) is 26.2 Å². The molecule has 1 rings (SSSR count). The number of carbonyl (C=O) groups excluding carboxylic acids is 1. The minimum Gasteiger partial charge on any atom is -0.343 e. The van der Waals surface area contributed by atoms with Gasteiger partial charge in [0.15, 0.2) is 5.92 Å². The first-order valence-electron chi connectivity index (χ1n) is 6.40. The molecule has 1 saturated heterocycles. The number of amides is 1. The first-order valence-corrected chi connectivity index (χ1v) is 6.40. The van der Waals surface area contributed by atoms with E-state index < -0.39 is 18.6 Å². The Bertz CT molecular complexity index is 332. The number of hydrogen-bond donors (Lipinski definition) is 1. The molecule has 0 radical (unpaired) electrons. The van der Waals surface area contributed by atoms with Gasteiger partial charge in [0.05, 0.1) is 6.07 Å². The smallest absolute Gasteiger partial charge is 0.343 e. The minimum atomic E-state index is -4.52. The van der Waals surface area contributed by atoms with Crippen LogP contribution >= 0.6 is 0 Å². The van der Waals surface area contributed by atoms with Gasteiger partial charge in [-0.3, -0.25) is 4.79 Å². The molecule has 0 aromatic heterocycles. The van der Waals surface area contributed by atoms with Gasteiger partial charge in [-0.2, -0.15) is 18.4 Å². The molecule has 1 amide bonds. The summed E-state index contributed by atoms with van der Waals surface area (Å²) in [5.74, 6) is -2.05. The van der Waals surface area contributed by atoms with Crippen molar-refractivity contribution in [3.8, 4) is 6.07 Å². The van der Waals surface area contributed by atoms with Crippen molar-refractivity contribution in [3.05, 3.63) is 0 Å². The lowest BCUT2D eigenvalue weighted by Crippen LogP contribution is -2.38. The number of nitrogens with zero attached hydrogens (tertiary/aromatic N) is 2. The number of piperidine rings is 1. The van der Waals surface area contributed by atoms with Crippen molar-refractivity contribution < 1.29 is 18.0 Å². The fourth-order valence-electron chi connectivity index (χ4n) is 1.98. The highest BCUT2D eigenvalue weighted by molar-refractivity contribution is 5.76. The monoisotopic (exact) mass is 277 g/mol. The highest BCUT2D eigenvalue weighted by Gasteiger charge is 2.39. The molecule has 1 atom stereocenters. The van der Waals surface area contributed by atoms with Crippen LogP contribution in [0.15, 0.2) is 0 Å². The molecular formula is C12H18F3N3O. The summed E-state index contributed by atoms with van der Waals surface area (Å²) < 4.78 is 36.8. The van der Waals surface area contributed by atoms with Gasteiger partial charge in [-0.05, 0) is 19.3 Å². The van der Waals surface area contributed by atoms with E-state index in [1.807, 2.05) is 0 Å². The molecule has 7 heteroatoms. The number of carbonyl (C=O) groups is 1. The number of likely N-dealkylation sites (tertiary alicyclic amines) is 1. The van der Waals surface area contributed by atoms with Crippen molar-refractivity contribution in [1.82, 2.24) is 10.2 Å². The molecule has 1 aliphatic rings. The van der Waals surface area contributed by atoms with E-state index in [2.05, 4.69) is 5.32 Å². The van der Waals surface area contributed by atoms with Crippen molar-refractivity contribution >= 4 is 5.91 Å². The number of halogens is 3. The van der Waals surface area contributed by atoms with E-state index in [9.17, 15) is 18.0 Å². The summed E-state index contributed by atoms with van der Waals surface area (Å²) in [5, 5.41) is 10.9. The Kier molecular flexibility index (Phi) is 6.09. The molecule has 0 aromatic rings. The first-order chi connectivity index (χ1) is 8.95. The normalized spacial score (nSPS) is 17.9. The number of alkyl halides is 3. The van der Waals surface area contributed by atoms with Gasteiger partial charge in [0.1, 0.15) is 0 Å². The summed E-state index contributed by atoms with van der Waals surface area (Å²) >= 11 is 0. The Hall–Kier alpha value is -1.29. The Morgan fingerprint density at radius 3 is 2.47 bits per heavy atom. The van der Waals surface area contributed by atoms with Crippen LogP contribution in [0.2, 0.25) is 0 Å². The highest BCUT2D eigenvalue weighted by Crippen LogP contribution is 2.24. The van der Waals surface area contributed by atoms with E-state index >= 15 is 0 Å². The van der Waals surface area contributed by atoms with Gasteiger partial charge < -0.3 is 10.2 Å². The molecule has 1 aliphatic heterocycles. The van der Waals surface area contributed by atoms with Crippen LogP contribution in [0.4, 0.5) is 13.2 Å². The zero-order valence-corrected chi connectivity index (χ0v) is 10.7. The second-order valence-corrected chi connectivity index (χ2v) is 4.62. The summed E-state index contributed by atoms with van der Waals surface area (Å²) in [7, 11) is 0. The summed E-state index contributed by atoms with van der Waals surface area (Å²) in [4.78, 5) is 13.5. The van der Waals surface area contributed by atoms with Crippen LogP contribution in [-0.2, 0) is 4.79 Å². The predicted molar refractivity (Wildman–Crippen MR) is 63.1 cm³/mol. The fourth-order valence-corrected chi connectivity index (χ4v) is 1.98. The zero-order valence-electron chi connectivity index (χ0n) is 10.7. The third kappa shape index (κ3) is 5.47. The van der Waals surface area contributed by atoms with Gasteiger partial charge in [-0.1, -0.05) is 0 Å². The molecule has 1 unspecified atom stereocenters. The molecule has 1 fully saturated rings. The van der Waals surface area contributed by atoms with Crippen molar-refractivity contribution in [3.63, 3.8) is 0 Å². The topological polar surface area (TPSA) is 56.1 Å². The van der Waals surface area contributed by atoms with Crippen LogP contribution in [0.1, 0.15) is 25.7 Å². The predicted octanol–water partition coefficient (Wildman–Crippen LogP) is 1.68. The maximum Gasteiger partial charge on any atom is 0.405 e. The van der Waals surface area contributed by atoms with E-state index in [1.165, 1.54) is 6.07 Å². The van der Waals surface area contributed by atoms with Gasteiger partial charge >= 0.3 is 6.18 Å². The molecule has 0 spiro atoms. The number of hydrogen-bond acceptors (Lipinski definition) is 3. The van der Waals surface area contributed by atoms with Gasteiger partial charge in [0, 0.05) is 32.6 Å². The molecule has 1 heterocycles. The van der Waals surface area contributed by atoms with E-state index in [4.69, 9.17) is 5.26 Å². The van der Waals surface area contributed by atoms with Gasteiger partial charge in [-0.15, -0.1) is 0 Å².